The molecule has 0 aromatic heterocycles. The summed E-state index contributed by atoms with van der Waals surface area (Å²) in [5.74, 6) is -1.24. The van der Waals surface area contributed by atoms with E-state index in [1.54, 1.807) is 0 Å². The van der Waals surface area contributed by atoms with Gasteiger partial charge in [0.25, 0.3) is 0 Å². The zero-order chi connectivity index (χ0) is 11.8. The zero-order valence-corrected chi connectivity index (χ0v) is 9.17. The highest BCUT2D eigenvalue weighted by molar-refractivity contribution is 7.99. The number of primary amides is 1. The zero-order valence-electron chi connectivity index (χ0n) is 8.36. The molecule has 1 atom stereocenters. The fourth-order valence-corrected chi connectivity index (χ4v) is 1.39. The molecule has 15 heavy (non-hydrogen) atoms. The molecule has 2 amide bonds. The lowest BCUT2D eigenvalue weighted by molar-refractivity contribution is -0.141. The number of hydrogen-bond donors (Lipinski definition) is 3. The summed E-state index contributed by atoms with van der Waals surface area (Å²) in [6.07, 6.45) is 0.176. The van der Waals surface area contributed by atoms with Crippen LogP contribution in [-0.2, 0) is 14.4 Å². The minimum Gasteiger partial charge on any atom is -0.480 e. The van der Waals surface area contributed by atoms with Crippen LogP contribution in [0.1, 0.15) is 13.3 Å². The van der Waals surface area contributed by atoms with E-state index in [0.717, 1.165) is 0 Å². The first-order chi connectivity index (χ1) is 6.93. The number of carbonyl (C=O) groups is 3. The SMILES string of the molecule is C[C@@H](NC(=O)CCSCC(N)=O)C(=O)O. The largest absolute Gasteiger partial charge is 0.480 e. The summed E-state index contributed by atoms with van der Waals surface area (Å²) < 4.78 is 0. The van der Waals surface area contributed by atoms with Gasteiger partial charge in [0.1, 0.15) is 6.04 Å². The highest BCUT2D eigenvalue weighted by atomic mass is 32.2. The van der Waals surface area contributed by atoms with Crippen LogP contribution in [0.4, 0.5) is 0 Å². The third-order valence-corrected chi connectivity index (χ3v) is 2.45. The lowest BCUT2D eigenvalue weighted by Gasteiger charge is -2.08. The van der Waals surface area contributed by atoms with Gasteiger partial charge in [0, 0.05) is 12.2 Å². The lowest BCUT2D eigenvalue weighted by atomic mass is 10.3. The number of carbonyl (C=O) groups excluding carboxylic acids is 2. The summed E-state index contributed by atoms with van der Waals surface area (Å²) in [5.41, 5.74) is 4.89. The highest BCUT2D eigenvalue weighted by Crippen LogP contribution is 2.01. The van der Waals surface area contributed by atoms with Crippen molar-refractivity contribution in [3.8, 4) is 0 Å². The molecule has 86 valence electrons. The van der Waals surface area contributed by atoms with Gasteiger partial charge >= 0.3 is 5.97 Å². The predicted octanol–water partition coefficient (Wildman–Crippen LogP) is -0.816. The van der Waals surface area contributed by atoms with Gasteiger partial charge in [-0.2, -0.15) is 11.8 Å². The minimum atomic E-state index is -1.08. The monoisotopic (exact) mass is 234 g/mol. The van der Waals surface area contributed by atoms with Gasteiger partial charge in [0.05, 0.1) is 5.75 Å². The van der Waals surface area contributed by atoms with Crippen LogP contribution in [-0.4, -0.2) is 40.4 Å². The van der Waals surface area contributed by atoms with Crippen molar-refractivity contribution in [1.82, 2.24) is 5.32 Å². The first kappa shape index (κ1) is 13.8. The maximum absolute atomic E-state index is 11.1. The van der Waals surface area contributed by atoms with E-state index in [-0.39, 0.29) is 18.1 Å². The van der Waals surface area contributed by atoms with E-state index in [1.807, 2.05) is 0 Å². The molecule has 0 saturated heterocycles. The van der Waals surface area contributed by atoms with E-state index in [0.29, 0.717) is 5.75 Å². The number of thioether (sulfide) groups is 1. The van der Waals surface area contributed by atoms with Crippen LogP contribution >= 0.6 is 11.8 Å². The Labute approximate surface area is 91.6 Å². The molecule has 0 fully saturated rings. The summed E-state index contributed by atoms with van der Waals surface area (Å²) in [7, 11) is 0. The van der Waals surface area contributed by atoms with Gasteiger partial charge in [-0.15, -0.1) is 0 Å². The van der Waals surface area contributed by atoms with Crippen LogP contribution in [0, 0.1) is 0 Å². The van der Waals surface area contributed by atoms with Crippen molar-refractivity contribution in [2.75, 3.05) is 11.5 Å². The van der Waals surface area contributed by atoms with Gasteiger partial charge in [-0.25, -0.2) is 0 Å². The van der Waals surface area contributed by atoms with Crippen molar-refractivity contribution >= 4 is 29.5 Å². The van der Waals surface area contributed by atoms with Gasteiger partial charge in [0.15, 0.2) is 0 Å². The molecule has 0 aliphatic heterocycles. The molecule has 0 spiro atoms. The first-order valence-corrected chi connectivity index (χ1v) is 5.47. The molecule has 0 aromatic carbocycles. The fraction of sp³-hybridized carbons (Fsp3) is 0.625. The Hall–Kier alpha value is -1.24. The quantitative estimate of drug-likeness (QED) is 0.499. The van der Waals surface area contributed by atoms with Gasteiger partial charge in [0.2, 0.25) is 11.8 Å². The molecule has 0 rings (SSSR count). The second-order valence-electron chi connectivity index (χ2n) is 2.90. The molecule has 0 unspecified atom stereocenters. The standard InChI is InChI=1S/C8H14N2O4S/c1-5(8(13)14)10-7(12)2-3-15-4-6(9)11/h5H,2-4H2,1H3,(H2,9,11)(H,10,12)(H,13,14)/t5-/m1/s1. The van der Waals surface area contributed by atoms with Crippen molar-refractivity contribution in [1.29, 1.82) is 0 Å². The van der Waals surface area contributed by atoms with Crippen LogP contribution in [0.25, 0.3) is 0 Å². The lowest BCUT2D eigenvalue weighted by Crippen LogP contribution is -2.38. The molecule has 0 aromatic rings. The molecular formula is C8H14N2O4S. The average molecular weight is 234 g/mol. The number of hydrogen-bond acceptors (Lipinski definition) is 4. The van der Waals surface area contributed by atoms with Crippen LogP contribution in [0.15, 0.2) is 0 Å². The minimum absolute atomic E-state index is 0.168. The topological polar surface area (TPSA) is 109 Å². The number of amides is 2. The summed E-state index contributed by atoms with van der Waals surface area (Å²) >= 11 is 1.24. The number of nitrogens with one attached hydrogen (secondary N) is 1. The Morgan fingerprint density at radius 1 is 1.47 bits per heavy atom. The Bertz CT molecular complexity index is 257. The molecule has 0 aliphatic rings. The van der Waals surface area contributed by atoms with Crippen LogP contribution < -0.4 is 11.1 Å². The van der Waals surface area contributed by atoms with Crippen molar-refractivity contribution < 1.29 is 19.5 Å². The molecule has 4 N–H and O–H groups in total. The van der Waals surface area contributed by atoms with E-state index < -0.39 is 17.9 Å². The molecule has 0 bridgehead atoms. The summed E-state index contributed by atoms with van der Waals surface area (Å²) in [6, 6.07) is -0.890. The normalized spacial score (nSPS) is 11.8. The van der Waals surface area contributed by atoms with E-state index in [1.165, 1.54) is 18.7 Å². The molecule has 0 saturated carbocycles. The molecular weight excluding hydrogens is 220 g/mol. The van der Waals surface area contributed by atoms with Gasteiger partial charge in [-0.3, -0.25) is 14.4 Å². The molecule has 0 aliphatic carbocycles. The molecule has 0 radical (unpaired) electrons. The van der Waals surface area contributed by atoms with Crippen LogP contribution in [0.2, 0.25) is 0 Å². The van der Waals surface area contributed by atoms with E-state index in [4.69, 9.17) is 10.8 Å². The van der Waals surface area contributed by atoms with Gasteiger partial charge in [-0.05, 0) is 6.92 Å². The van der Waals surface area contributed by atoms with Crippen LogP contribution in [0.3, 0.4) is 0 Å². The van der Waals surface area contributed by atoms with E-state index in [9.17, 15) is 14.4 Å². The van der Waals surface area contributed by atoms with Gasteiger partial charge < -0.3 is 16.2 Å². The summed E-state index contributed by atoms with van der Waals surface area (Å²) in [6.45, 7) is 1.39. The fourth-order valence-electron chi connectivity index (χ4n) is 0.713. The van der Waals surface area contributed by atoms with Crippen molar-refractivity contribution in [2.45, 2.75) is 19.4 Å². The smallest absolute Gasteiger partial charge is 0.325 e. The second kappa shape index (κ2) is 7.10. The number of carboxylic acid groups (broad SMARTS) is 1. The maximum Gasteiger partial charge on any atom is 0.325 e. The average Bonchev–Trinajstić information content (AvgIpc) is 2.12. The Morgan fingerprint density at radius 3 is 2.53 bits per heavy atom. The number of aliphatic carboxylic acids is 1. The molecule has 0 heterocycles. The van der Waals surface area contributed by atoms with Gasteiger partial charge in [-0.1, -0.05) is 0 Å². The number of rotatable bonds is 7. The van der Waals surface area contributed by atoms with Crippen molar-refractivity contribution in [3.05, 3.63) is 0 Å². The first-order valence-electron chi connectivity index (χ1n) is 4.31. The molecule has 7 heteroatoms. The third-order valence-electron chi connectivity index (χ3n) is 1.47. The number of carboxylic acids is 1. The molecule has 6 nitrogen and oxygen atoms in total. The highest BCUT2D eigenvalue weighted by Gasteiger charge is 2.13. The summed E-state index contributed by atoms with van der Waals surface area (Å²) in [4.78, 5) is 31.8. The summed E-state index contributed by atoms with van der Waals surface area (Å²) in [5, 5.41) is 10.8. The Kier molecular flexibility index (Phi) is 6.52. The Balaban J connectivity index is 3.58. The Morgan fingerprint density at radius 2 is 2.07 bits per heavy atom. The predicted molar refractivity (Wildman–Crippen MR) is 56.4 cm³/mol. The van der Waals surface area contributed by atoms with Crippen molar-refractivity contribution in [2.24, 2.45) is 5.73 Å². The van der Waals surface area contributed by atoms with E-state index >= 15 is 0 Å². The van der Waals surface area contributed by atoms with Crippen molar-refractivity contribution in [3.63, 3.8) is 0 Å². The maximum atomic E-state index is 11.1. The van der Waals surface area contributed by atoms with Crippen LogP contribution in [0.5, 0.6) is 0 Å². The second-order valence-corrected chi connectivity index (χ2v) is 4.00. The third kappa shape index (κ3) is 7.80. The van der Waals surface area contributed by atoms with E-state index in [2.05, 4.69) is 5.32 Å². The number of nitrogens with two attached hydrogens (primary N) is 1.